The Balaban J connectivity index is 2.43. The van der Waals surface area contributed by atoms with Gasteiger partial charge >= 0.3 is 6.03 Å². The van der Waals surface area contributed by atoms with Crippen LogP contribution in [0, 0.1) is 13.8 Å². The summed E-state index contributed by atoms with van der Waals surface area (Å²) in [5.41, 5.74) is 2.86. The molecule has 130 valence electrons. The average molecular weight is 342 g/mol. The van der Waals surface area contributed by atoms with Crippen molar-refractivity contribution in [3.8, 4) is 0 Å². The predicted octanol–water partition coefficient (Wildman–Crippen LogP) is 1.46. The van der Waals surface area contributed by atoms with Crippen molar-refractivity contribution in [1.29, 1.82) is 0 Å². The number of sulfone groups is 1. The first kappa shape index (κ1) is 19.4. The molecule has 0 heterocycles. The predicted molar refractivity (Wildman–Crippen MR) is 91.2 cm³/mol. The molecule has 0 radical (unpaired) electrons. The van der Waals surface area contributed by atoms with Crippen molar-refractivity contribution < 1.29 is 18.3 Å². The number of hydrogen-bond acceptors (Lipinski definition) is 4. The second-order valence-electron chi connectivity index (χ2n) is 6.11. The zero-order chi connectivity index (χ0) is 17.6. The Hall–Kier alpha value is -1.60. The first-order chi connectivity index (χ1) is 10.6. The summed E-state index contributed by atoms with van der Waals surface area (Å²) in [5, 5.41) is 15.4. The number of carbonyl (C=O) groups is 1. The van der Waals surface area contributed by atoms with Crippen LogP contribution in [0.15, 0.2) is 18.2 Å². The van der Waals surface area contributed by atoms with Crippen molar-refractivity contribution in [2.24, 2.45) is 0 Å². The highest BCUT2D eigenvalue weighted by Gasteiger charge is 2.13. The highest BCUT2D eigenvalue weighted by Crippen LogP contribution is 2.16. The van der Waals surface area contributed by atoms with Gasteiger partial charge in [-0.2, -0.15) is 0 Å². The van der Waals surface area contributed by atoms with Crippen LogP contribution < -0.4 is 10.6 Å². The van der Waals surface area contributed by atoms with Gasteiger partial charge in [-0.1, -0.05) is 29.3 Å². The molecule has 6 nitrogen and oxygen atoms in total. The molecule has 2 atom stereocenters. The van der Waals surface area contributed by atoms with Gasteiger partial charge in [-0.05, 0) is 32.8 Å². The Morgan fingerprint density at radius 2 is 1.78 bits per heavy atom. The van der Waals surface area contributed by atoms with Crippen LogP contribution in [0.1, 0.15) is 36.1 Å². The van der Waals surface area contributed by atoms with E-state index in [1.54, 1.807) is 6.92 Å². The number of nitrogens with one attached hydrogen (secondary N) is 2. The van der Waals surface area contributed by atoms with Crippen LogP contribution >= 0.6 is 0 Å². The van der Waals surface area contributed by atoms with Gasteiger partial charge in [0.2, 0.25) is 0 Å². The lowest BCUT2D eigenvalue weighted by Crippen LogP contribution is -2.42. The molecule has 3 N–H and O–H groups in total. The molecule has 0 unspecified atom stereocenters. The van der Waals surface area contributed by atoms with Crippen molar-refractivity contribution in [2.75, 3.05) is 18.6 Å². The van der Waals surface area contributed by atoms with E-state index in [-0.39, 0.29) is 18.3 Å². The first-order valence-corrected chi connectivity index (χ1v) is 9.61. The summed E-state index contributed by atoms with van der Waals surface area (Å²) in [6, 6.07) is 5.09. The van der Waals surface area contributed by atoms with Crippen LogP contribution in [-0.2, 0) is 9.84 Å². The van der Waals surface area contributed by atoms with Gasteiger partial charge in [0.05, 0.1) is 11.9 Å². The van der Waals surface area contributed by atoms with Crippen molar-refractivity contribution in [1.82, 2.24) is 10.6 Å². The summed E-state index contributed by atoms with van der Waals surface area (Å²) < 4.78 is 22.2. The van der Waals surface area contributed by atoms with Crippen LogP contribution in [0.4, 0.5) is 4.79 Å². The summed E-state index contributed by atoms with van der Waals surface area (Å²) in [7, 11) is -3.04. The van der Waals surface area contributed by atoms with E-state index in [9.17, 15) is 18.3 Å². The third kappa shape index (κ3) is 7.99. The van der Waals surface area contributed by atoms with Gasteiger partial charge in [0.1, 0.15) is 9.84 Å². The molecule has 1 aromatic carbocycles. The molecule has 7 heteroatoms. The normalized spacial score (nSPS) is 14.1. The fourth-order valence-corrected chi connectivity index (χ4v) is 3.03. The van der Waals surface area contributed by atoms with Gasteiger partial charge in [-0.3, -0.25) is 0 Å². The van der Waals surface area contributed by atoms with Gasteiger partial charge in [-0.15, -0.1) is 0 Å². The van der Waals surface area contributed by atoms with E-state index in [1.807, 2.05) is 32.0 Å². The number of hydrogen-bond donors (Lipinski definition) is 3. The van der Waals surface area contributed by atoms with E-state index < -0.39 is 22.0 Å². The zero-order valence-electron chi connectivity index (χ0n) is 14.1. The number of aryl methyl sites for hydroxylation is 2. The molecular formula is C16H26N2O4S. The van der Waals surface area contributed by atoms with Crippen molar-refractivity contribution in [3.63, 3.8) is 0 Å². The van der Waals surface area contributed by atoms with E-state index >= 15 is 0 Å². The third-order valence-corrected chi connectivity index (χ3v) is 4.36. The van der Waals surface area contributed by atoms with Crippen LogP contribution in [-0.4, -0.2) is 44.2 Å². The van der Waals surface area contributed by atoms with E-state index in [0.717, 1.165) is 16.7 Å². The van der Waals surface area contributed by atoms with Crippen LogP contribution in [0.25, 0.3) is 0 Å². The van der Waals surface area contributed by atoms with E-state index in [1.165, 1.54) is 6.26 Å². The third-order valence-electron chi connectivity index (χ3n) is 3.38. The quantitative estimate of drug-likeness (QED) is 0.699. The Kier molecular flexibility index (Phi) is 7.02. The van der Waals surface area contributed by atoms with Gasteiger partial charge in [-0.25, -0.2) is 13.2 Å². The number of aliphatic hydroxyl groups excluding tert-OH is 1. The second kappa shape index (κ2) is 8.31. The summed E-state index contributed by atoms with van der Waals surface area (Å²) >= 11 is 0. The molecule has 1 rings (SSSR count). The molecule has 1 aromatic rings. The van der Waals surface area contributed by atoms with Gasteiger partial charge in [0.15, 0.2) is 0 Å². The minimum Gasteiger partial charge on any atom is -0.387 e. The fraction of sp³-hybridized carbons (Fsp3) is 0.562. The van der Waals surface area contributed by atoms with Gasteiger partial charge < -0.3 is 15.7 Å². The number of aliphatic hydroxyl groups is 1. The number of rotatable bonds is 7. The fourth-order valence-electron chi connectivity index (χ4n) is 2.25. The molecule has 0 saturated carbocycles. The lowest BCUT2D eigenvalue weighted by atomic mass is 10.0. The van der Waals surface area contributed by atoms with Crippen LogP contribution in [0.3, 0.4) is 0 Å². The zero-order valence-corrected chi connectivity index (χ0v) is 14.9. The molecule has 0 saturated heterocycles. The number of carbonyl (C=O) groups excluding carboxylic acids is 1. The molecule has 0 bridgehead atoms. The number of amides is 2. The minimum absolute atomic E-state index is 0.0274. The van der Waals surface area contributed by atoms with Crippen molar-refractivity contribution in [2.45, 2.75) is 39.3 Å². The lowest BCUT2D eigenvalue weighted by Gasteiger charge is -2.17. The Morgan fingerprint density at radius 1 is 1.22 bits per heavy atom. The summed E-state index contributed by atoms with van der Waals surface area (Å²) in [5.74, 6) is 0.0274. The van der Waals surface area contributed by atoms with E-state index in [2.05, 4.69) is 10.6 Å². The summed E-state index contributed by atoms with van der Waals surface area (Å²) in [4.78, 5) is 11.8. The highest BCUT2D eigenvalue weighted by molar-refractivity contribution is 7.90. The molecule has 2 amide bonds. The Bertz CT molecular complexity index is 623. The maximum Gasteiger partial charge on any atom is 0.315 e. The molecule has 23 heavy (non-hydrogen) atoms. The smallest absolute Gasteiger partial charge is 0.315 e. The Morgan fingerprint density at radius 3 is 2.30 bits per heavy atom. The largest absolute Gasteiger partial charge is 0.387 e. The van der Waals surface area contributed by atoms with Gasteiger partial charge in [0.25, 0.3) is 0 Å². The van der Waals surface area contributed by atoms with E-state index in [0.29, 0.717) is 6.42 Å². The summed E-state index contributed by atoms with van der Waals surface area (Å²) in [6.07, 6.45) is 0.733. The maximum absolute atomic E-state index is 11.8. The molecule has 0 aliphatic rings. The first-order valence-electron chi connectivity index (χ1n) is 7.55. The molecule has 0 aromatic heterocycles. The molecule has 0 aliphatic heterocycles. The SMILES string of the molecule is Cc1cc(C)cc([C@H](O)CNC(=O)N[C@@H](C)CCS(C)(=O)=O)c1. The monoisotopic (exact) mass is 342 g/mol. The van der Waals surface area contributed by atoms with Crippen molar-refractivity contribution in [3.05, 3.63) is 34.9 Å². The highest BCUT2D eigenvalue weighted by atomic mass is 32.2. The number of benzene rings is 1. The second-order valence-corrected chi connectivity index (χ2v) is 8.37. The lowest BCUT2D eigenvalue weighted by molar-refractivity contribution is 0.172. The molecule has 0 aliphatic carbocycles. The molecule has 0 fully saturated rings. The van der Waals surface area contributed by atoms with E-state index in [4.69, 9.17) is 0 Å². The van der Waals surface area contributed by atoms with Crippen molar-refractivity contribution >= 4 is 15.9 Å². The topological polar surface area (TPSA) is 95.5 Å². The van der Waals surface area contributed by atoms with Crippen LogP contribution in [0.5, 0.6) is 0 Å². The minimum atomic E-state index is -3.04. The standard InChI is InChI=1S/C16H26N2O4S/c1-11-7-12(2)9-14(8-11)15(19)10-17-16(20)18-13(3)5-6-23(4,21)22/h7-9,13,15,19H,5-6,10H2,1-4H3,(H2,17,18,20)/t13-,15+/m0/s1. The van der Waals surface area contributed by atoms with Gasteiger partial charge in [0, 0.05) is 18.8 Å². The summed E-state index contributed by atoms with van der Waals surface area (Å²) in [6.45, 7) is 5.73. The Labute approximate surface area is 138 Å². The molecular weight excluding hydrogens is 316 g/mol. The maximum atomic E-state index is 11.8. The average Bonchev–Trinajstić information content (AvgIpc) is 2.40. The molecule has 0 spiro atoms. The number of urea groups is 1. The van der Waals surface area contributed by atoms with Crippen LogP contribution in [0.2, 0.25) is 0 Å².